The van der Waals surface area contributed by atoms with Crippen molar-refractivity contribution in [1.82, 2.24) is 14.5 Å². The molecule has 1 saturated carbocycles. The van der Waals surface area contributed by atoms with Crippen molar-refractivity contribution in [2.24, 2.45) is 0 Å². The fraction of sp³-hybridized carbons (Fsp3) is 0.471. The van der Waals surface area contributed by atoms with Gasteiger partial charge >= 0.3 is 0 Å². The number of nitrogens with one attached hydrogen (secondary N) is 1. The standard InChI is InChI=1S/C17H21N3O3S/c1-2-8-19-9-11-20(12-10-19)17(21)14-4-3-5-16(13-14)24(22,23)18-15-6-7-15/h1,3-5,13,15,18H,6-12H2. The summed E-state index contributed by atoms with van der Waals surface area (Å²) >= 11 is 0. The van der Waals surface area contributed by atoms with Crippen LogP contribution in [0.25, 0.3) is 0 Å². The van der Waals surface area contributed by atoms with Crippen molar-refractivity contribution in [2.75, 3.05) is 32.7 Å². The molecule has 6 nitrogen and oxygen atoms in total. The van der Waals surface area contributed by atoms with Gasteiger partial charge in [0.25, 0.3) is 5.91 Å². The molecule has 0 aromatic heterocycles. The molecular weight excluding hydrogens is 326 g/mol. The first-order valence-corrected chi connectivity index (χ1v) is 9.55. The number of terminal acetylenes is 1. The number of piperazine rings is 1. The van der Waals surface area contributed by atoms with E-state index in [2.05, 4.69) is 15.5 Å². The minimum absolute atomic E-state index is 0.0404. The first-order valence-electron chi connectivity index (χ1n) is 8.07. The second-order valence-corrected chi connectivity index (χ2v) is 7.91. The molecule has 0 atom stereocenters. The molecule has 0 spiro atoms. The zero-order valence-electron chi connectivity index (χ0n) is 13.4. The van der Waals surface area contributed by atoms with E-state index in [1.807, 2.05) is 0 Å². The molecule has 1 aromatic rings. The van der Waals surface area contributed by atoms with Gasteiger partial charge in [-0.15, -0.1) is 6.42 Å². The predicted molar refractivity (Wildman–Crippen MR) is 91.0 cm³/mol. The van der Waals surface area contributed by atoms with E-state index >= 15 is 0 Å². The Morgan fingerprint density at radius 2 is 1.96 bits per heavy atom. The molecule has 1 saturated heterocycles. The first-order chi connectivity index (χ1) is 11.5. The van der Waals surface area contributed by atoms with Crippen LogP contribution in [0.2, 0.25) is 0 Å². The van der Waals surface area contributed by atoms with E-state index in [-0.39, 0.29) is 16.8 Å². The molecule has 3 rings (SSSR count). The van der Waals surface area contributed by atoms with Crippen molar-refractivity contribution in [2.45, 2.75) is 23.8 Å². The summed E-state index contributed by atoms with van der Waals surface area (Å²) in [6, 6.07) is 6.29. The third-order valence-electron chi connectivity index (χ3n) is 4.26. The van der Waals surface area contributed by atoms with E-state index < -0.39 is 10.0 Å². The highest BCUT2D eigenvalue weighted by molar-refractivity contribution is 7.89. The van der Waals surface area contributed by atoms with Crippen molar-refractivity contribution >= 4 is 15.9 Å². The van der Waals surface area contributed by atoms with Crippen LogP contribution in [-0.4, -0.2) is 62.9 Å². The summed E-state index contributed by atoms with van der Waals surface area (Å²) in [5.41, 5.74) is 0.402. The summed E-state index contributed by atoms with van der Waals surface area (Å²) in [5.74, 6) is 2.47. The summed E-state index contributed by atoms with van der Waals surface area (Å²) in [5, 5.41) is 0. The number of amides is 1. The highest BCUT2D eigenvalue weighted by Gasteiger charge is 2.29. The molecule has 128 valence electrons. The van der Waals surface area contributed by atoms with Gasteiger partial charge in [-0.3, -0.25) is 9.69 Å². The van der Waals surface area contributed by atoms with Crippen molar-refractivity contribution in [3.8, 4) is 12.3 Å². The first kappa shape index (κ1) is 17.0. The van der Waals surface area contributed by atoms with Crippen LogP contribution in [0.15, 0.2) is 29.2 Å². The molecule has 24 heavy (non-hydrogen) atoms. The van der Waals surface area contributed by atoms with E-state index in [1.54, 1.807) is 17.0 Å². The number of nitrogens with zero attached hydrogens (tertiary/aromatic N) is 2. The average Bonchev–Trinajstić information content (AvgIpc) is 3.39. The summed E-state index contributed by atoms with van der Waals surface area (Å²) < 4.78 is 27.2. The molecule has 7 heteroatoms. The Labute approximate surface area is 142 Å². The lowest BCUT2D eigenvalue weighted by atomic mass is 10.2. The number of rotatable bonds is 5. The molecule has 1 amide bonds. The van der Waals surface area contributed by atoms with Gasteiger partial charge in [-0.25, -0.2) is 13.1 Å². The second-order valence-electron chi connectivity index (χ2n) is 6.20. The SMILES string of the molecule is C#CCN1CCN(C(=O)c2cccc(S(=O)(=O)NC3CC3)c2)CC1. The molecule has 1 aliphatic carbocycles. The van der Waals surface area contributed by atoms with Gasteiger partial charge in [0, 0.05) is 37.8 Å². The maximum atomic E-state index is 12.6. The third kappa shape index (κ3) is 3.96. The van der Waals surface area contributed by atoms with Gasteiger partial charge in [-0.2, -0.15) is 0 Å². The Bertz CT molecular complexity index is 758. The number of hydrogen-bond donors (Lipinski definition) is 1. The molecule has 0 radical (unpaired) electrons. The molecule has 2 aliphatic rings. The highest BCUT2D eigenvalue weighted by atomic mass is 32.2. The van der Waals surface area contributed by atoms with Gasteiger partial charge in [0.1, 0.15) is 0 Å². The lowest BCUT2D eigenvalue weighted by Crippen LogP contribution is -2.48. The largest absolute Gasteiger partial charge is 0.336 e. The van der Waals surface area contributed by atoms with Crippen molar-refractivity contribution in [3.05, 3.63) is 29.8 Å². The molecule has 1 N–H and O–H groups in total. The van der Waals surface area contributed by atoms with Crippen LogP contribution in [0.1, 0.15) is 23.2 Å². The number of sulfonamides is 1. The van der Waals surface area contributed by atoms with Crippen LogP contribution >= 0.6 is 0 Å². The summed E-state index contributed by atoms with van der Waals surface area (Å²) in [6.45, 7) is 3.24. The van der Waals surface area contributed by atoms with Crippen LogP contribution in [0.4, 0.5) is 0 Å². The average molecular weight is 347 g/mol. The second kappa shape index (κ2) is 6.93. The van der Waals surface area contributed by atoms with Gasteiger partial charge in [0.15, 0.2) is 0 Å². The number of carbonyl (C=O) groups is 1. The van der Waals surface area contributed by atoms with Crippen LogP contribution in [0.5, 0.6) is 0 Å². The van der Waals surface area contributed by atoms with Gasteiger partial charge in [-0.1, -0.05) is 12.0 Å². The smallest absolute Gasteiger partial charge is 0.253 e. The lowest BCUT2D eigenvalue weighted by molar-refractivity contribution is 0.0652. The van der Waals surface area contributed by atoms with E-state index in [4.69, 9.17) is 6.42 Å². The molecular formula is C17H21N3O3S. The third-order valence-corrected chi connectivity index (χ3v) is 5.78. The minimum atomic E-state index is -3.55. The maximum absolute atomic E-state index is 12.6. The fourth-order valence-electron chi connectivity index (χ4n) is 2.71. The van der Waals surface area contributed by atoms with Gasteiger partial charge < -0.3 is 4.90 Å². The Morgan fingerprint density at radius 1 is 1.25 bits per heavy atom. The normalized spacial score (nSPS) is 19.0. The summed E-state index contributed by atoms with van der Waals surface area (Å²) in [7, 11) is -3.55. The fourth-order valence-corrected chi connectivity index (χ4v) is 4.06. The Hall–Kier alpha value is -1.88. The van der Waals surface area contributed by atoms with E-state index in [1.165, 1.54) is 12.1 Å². The van der Waals surface area contributed by atoms with Crippen molar-refractivity contribution in [1.29, 1.82) is 0 Å². The van der Waals surface area contributed by atoms with Crippen LogP contribution < -0.4 is 4.72 Å². The summed E-state index contributed by atoms with van der Waals surface area (Å²) in [6.07, 6.45) is 7.06. The van der Waals surface area contributed by atoms with Crippen molar-refractivity contribution in [3.63, 3.8) is 0 Å². The van der Waals surface area contributed by atoms with Crippen LogP contribution in [0, 0.1) is 12.3 Å². The van der Waals surface area contributed by atoms with E-state index in [0.29, 0.717) is 25.2 Å². The van der Waals surface area contributed by atoms with Gasteiger partial charge in [0.2, 0.25) is 10.0 Å². The molecule has 2 fully saturated rings. The molecule has 1 heterocycles. The van der Waals surface area contributed by atoms with Gasteiger partial charge in [0.05, 0.1) is 11.4 Å². The Balaban J connectivity index is 1.70. The van der Waals surface area contributed by atoms with Gasteiger partial charge in [-0.05, 0) is 31.0 Å². The highest BCUT2D eigenvalue weighted by Crippen LogP contribution is 2.22. The topological polar surface area (TPSA) is 69.7 Å². The van der Waals surface area contributed by atoms with E-state index in [0.717, 1.165) is 25.9 Å². The molecule has 1 aromatic carbocycles. The molecule has 1 aliphatic heterocycles. The minimum Gasteiger partial charge on any atom is -0.336 e. The number of hydrogen-bond acceptors (Lipinski definition) is 4. The zero-order chi connectivity index (χ0) is 17.2. The quantitative estimate of drug-likeness (QED) is 0.789. The monoisotopic (exact) mass is 347 g/mol. The number of carbonyl (C=O) groups excluding carboxylic acids is 1. The van der Waals surface area contributed by atoms with Crippen molar-refractivity contribution < 1.29 is 13.2 Å². The Kier molecular flexibility index (Phi) is 4.90. The Morgan fingerprint density at radius 3 is 2.58 bits per heavy atom. The van der Waals surface area contributed by atoms with E-state index in [9.17, 15) is 13.2 Å². The lowest BCUT2D eigenvalue weighted by Gasteiger charge is -2.33. The van der Waals surface area contributed by atoms with Crippen LogP contribution in [0.3, 0.4) is 0 Å². The zero-order valence-corrected chi connectivity index (χ0v) is 14.3. The van der Waals surface area contributed by atoms with Crippen LogP contribution in [-0.2, 0) is 10.0 Å². The molecule has 0 bridgehead atoms. The number of benzene rings is 1. The molecule has 0 unspecified atom stereocenters. The summed E-state index contributed by atoms with van der Waals surface area (Å²) in [4.78, 5) is 16.6. The predicted octanol–water partition coefficient (Wildman–Crippen LogP) is 0.518. The maximum Gasteiger partial charge on any atom is 0.253 e.